The molecule has 1 saturated carbocycles. The van der Waals surface area contributed by atoms with Crippen LogP contribution < -0.4 is 5.32 Å². The zero-order chi connectivity index (χ0) is 15.5. The summed E-state index contributed by atoms with van der Waals surface area (Å²) in [5.41, 5.74) is -0.495. The Morgan fingerprint density at radius 2 is 1.90 bits per heavy atom. The molecule has 0 amide bonds. The standard InChI is InChI=1S/C17H32N2O2/c1-5-21-16(20)17(15-6-7-15,18-13(2)3)12-19-10-8-14(4)9-11-19/h13-15,18H,5-12H2,1-4H3. The Labute approximate surface area is 129 Å². The van der Waals surface area contributed by atoms with Crippen LogP contribution in [-0.2, 0) is 9.53 Å². The van der Waals surface area contributed by atoms with Crippen molar-refractivity contribution >= 4 is 5.97 Å². The highest BCUT2D eigenvalue weighted by molar-refractivity contribution is 5.82. The number of piperidine rings is 1. The lowest BCUT2D eigenvalue weighted by atomic mass is 9.89. The fraction of sp³-hybridized carbons (Fsp3) is 0.941. The summed E-state index contributed by atoms with van der Waals surface area (Å²) < 4.78 is 5.44. The molecule has 1 atom stereocenters. The minimum atomic E-state index is -0.495. The summed E-state index contributed by atoms with van der Waals surface area (Å²) in [5, 5.41) is 3.58. The predicted molar refractivity (Wildman–Crippen MR) is 85.2 cm³/mol. The molecule has 0 bridgehead atoms. The second-order valence-electron chi connectivity index (χ2n) is 7.22. The van der Waals surface area contributed by atoms with E-state index >= 15 is 0 Å². The zero-order valence-corrected chi connectivity index (χ0v) is 14.2. The summed E-state index contributed by atoms with van der Waals surface area (Å²) in [4.78, 5) is 15.2. The minimum Gasteiger partial charge on any atom is -0.465 e. The quantitative estimate of drug-likeness (QED) is 0.733. The van der Waals surface area contributed by atoms with E-state index in [4.69, 9.17) is 4.74 Å². The summed E-state index contributed by atoms with van der Waals surface area (Å²) >= 11 is 0. The molecule has 0 spiro atoms. The molecule has 2 rings (SSSR count). The number of ether oxygens (including phenoxy) is 1. The lowest BCUT2D eigenvalue weighted by molar-refractivity contribution is -0.154. The average Bonchev–Trinajstić information content (AvgIpc) is 3.25. The third-order valence-electron chi connectivity index (χ3n) is 4.81. The second-order valence-corrected chi connectivity index (χ2v) is 7.22. The van der Waals surface area contributed by atoms with Gasteiger partial charge >= 0.3 is 5.97 Å². The molecule has 122 valence electrons. The van der Waals surface area contributed by atoms with Crippen molar-refractivity contribution in [3.8, 4) is 0 Å². The average molecular weight is 296 g/mol. The zero-order valence-electron chi connectivity index (χ0n) is 14.2. The maximum atomic E-state index is 12.7. The molecule has 2 fully saturated rings. The molecule has 1 N–H and O–H groups in total. The van der Waals surface area contributed by atoms with Gasteiger partial charge in [-0.25, -0.2) is 4.79 Å². The summed E-state index contributed by atoms with van der Waals surface area (Å²) in [7, 11) is 0. The van der Waals surface area contributed by atoms with Crippen LogP contribution in [0.4, 0.5) is 0 Å². The molecule has 1 saturated heterocycles. The number of esters is 1. The molecule has 1 aliphatic carbocycles. The molecule has 4 heteroatoms. The van der Waals surface area contributed by atoms with Crippen molar-refractivity contribution in [3.63, 3.8) is 0 Å². The summed E-state index contributed by atoms with van der Waals surface area (Å²) in [6, 6.07) is 0.290. The van der Waals surface area contributed by atoms with E-state index in [-0.39, 0.29) is 5.97 Å². The number of likely N-dealkylation sites (tertiary alicyclic amines) is 1. The Hall–Kier alpha value is -0.610. The molecule has 21 heavy (non-hydrogen) atoms. The largest absolute Gasteiger partial charge is 0.465 e. The van der Waals surface area contributed by atoms with Crippen LogP contribution in [-0.4, -0.2) is 48.7 Å². The lowest BCUT2D eigenvalue weighted by Crippen LogP contribution is -2.63. The fourth-order valence-corrected chi connectivity index (χ4v) is 3.51. The molecule has 1 aliphatic heterocycles. The van der Waals surface area contributed by atoms with Gasteiger partial charge in [0, 0.05) is 12.6 Å². The molecular formula is C17H32N2O2. The Kier molecular flexibility index (Phi) is 5.67. The molecule has 0 aromatic heterocycles. The van der Waals surface area contributed by atoms with Crippen molar-refractivity contribution in [2.24, 2.45) is 11.8 Å². The Bertz CT molecular complexity index is 347. The first-order chi connectivity index (χ1) is 9.98. The van der Waals surface area contributed by atoms with Gasteiger partial charge in [0.25, 0.3) is 0 Å². The third-order valence-corrected chi connectivity index (χ3v) is 4.81. The van der Waals surface area contributed by atoms with Crippen molar-refractivity contribution in [1.82, 2.24) is 10.2 Å². The second kappa shape index (κ2) is 7.10. The predicted octanol–water partition coefficient (Wildman–Crippen LogP) is 2.43. The van der Waals surface area contributed by atoms with E-state index in [1.165, 1.54) is 12.8 Å². The molecular weight excluding hydrogens is 264 g/mol. The van der Waals surface area contributed by atoms with Crippen molar-refractivity contribution in [2.45, 2.75) is 65.0 Å². The van der Waals surface area contributed by atoms with E-state index in [1.807, 2.05) is 6.92 Å². The van der Waals surface area contributed by atoms with Crippen LogP contribution in [0.15, 0.2) is 0 Å². The van der Waals surface area contributed by atoms with Crippen LogP contribution in [0, 0.1) is 11.8 Å². The smallest absolute Gasteiger partial charge is 0.327 e. The normalized spacial score (nSPS) is 24.0. The van der Waals surface area contributed by atoms with Crippen LogP contribution >= 0.6 is 0 Å². The van der Waals surface area contributed by atoms with Crippen molar-refractivity contribution in [3.05, 3.63) is 0 Å². The van der Waals surface area contributed by atoms with E-state index in [0.717, 1.165) is 38.4 Å². The number of hydrogen-bond donors (Lipinski definition) is 1. The highest BCUT2D eigenvalue weighted by atomic mass is 16.5. The van der Waals surface area contributed by atoms with Gasteiger partial charge < -0.3 is 9.64 Å². The number of carbonyl (C=O) groups is 1. The maximum Gasteiger partial charge on any atom is 0.327 e. The van der Waals surface area contributed by atoms with Gasteiger partial charge in [-0.3, -0.25) is 5.32 Å². The Balaban J connectivity index is 2.11. The highest BCUT2D eigenvalue weighted by Crippen LogP contribution is 2.41. The number of nitrogens with one attached hydrogen (secondary N) is 1. The Morgan fingerprint density at radius 3 is 2.38 bits per heavy atom. The van der Waals surface area contributed by atoms with Crippen LogP contribution in [0.1, 0.15) is 53.4 Å². The van der Waals surface area contributed by atoms with Gasteiger partial charge in [0.2, 0.25) is 0 Å². The molecule has 0 aromatic carbocycles. The number of hydrogen-bond acceptors (Lipinski definition) is 4. The van der Waals surface area contributed by atoms with E-state index in [9.17, 15) is 4.79 Å². The SMILES string of the molecule is CCOC(=O)C(CN1CCC(C)CC1)(NC(C)C)C1CC1. The third kappa shape index (κ3) is 4.19. The highest BCUT2D eigenvalue weighted by Gasteiger charge is 2.53. The number of rotatable bonds is 7. The van der Waals surface area contributed by atoms with Gasteiger partial charge in [-0.2, -0.15) is 0 Å². The fourth-order valence-electron chi connectivity index (χ4n) is 3.51. The number of nitrogens with zero attached hydrogens (tertiary/aromatic N) is 1. The van der Waals surface area contributed by atoms with Crippen LogP contribution in [0.2, 0.25) is 0 Å². The van der Waals surface area contributed by atoms with Crippen molar-refractivity contribution in [1.29, 1.82) is 0 Å². The first-order valence-corrected chi connectivity index (χ1v) is 8.65. The van der Waals surface area contributed by atoms with Gasteiger partial charge in [-0.1, -0.05) is 6.92 Å². The van der Waals surface area contributed by atoms with Gasteiger partial charge in [-0.15, -0.1) is 0 Å². The summed E-state index contributed by atoms with van der Waals surface area (Å²) in [5.74, 6) is 1.22. The molecule has 0 radical (unpaired) electrons. The van der Waals surface area contributed by atoms with Gasteiger partial charge in [0.15, 0.2) is 0 Å². The van der Waals surface area contributed by atoms with Crippen molar-refractivity contribution in [2.75, 3.05) is 26.2 Å². The Morgan fingerprint density at radius 1 is 1.29 bits per heavy atom. The van der Waals surface area contributed by atoms with E-state index in [0.29, 0.717) is 18.6 Å². The first kappa shape index (κ1) is 16.8. The lowest BCUT2D eigenvalue weighted by Gasteiger charge is -2.41. The van der Waals surface area contributed by atoms with Gasteiger partial charge in [0.05, 0.1) is 6.61 Å². The minimum absolute atomic E-state index is 0.0418. The van der Waals surface area contributed by atoms with E-state index in [1.54, 1.807) is 0 Å². The topological polar surface area (TPSA) is 41.6 Å². The molecule has 1 heterocycles. The molecule has 2 aliphatic rings. The van der Waals surface area contributed by atoms with Crippen molar-refractivity contribution < 1.29 is 9.53 Å². The maximum absolute atomic E-state index is 12.7. The van der Waals surface area contributed by atoms with Crippen LogP contribution in [0.3, 0.4) is 0 Å². The first-order valence-electron chi connectivity index (χ1n) is 8.65. The van der Waals surface area contributed by atoms with E-state index < -0.39 is 5.54 Å². The molecule has 4 nitrogen and oxygen atoms in total. The van der Waals surface area contributed by atoms with Gasteiger partial charge in [0.1, 0.15) is 5.54 Å². The van der Waals surface area contributed by atoms with E-state index in [2.05, 4.69) is 31.0 Å². The molecule has 1 unspecified atom stereocenters. The van der Waals surface area contributed by atoms with Crippen LogP contribution in [0.25, 0.3) is 0 Å². The monoisotopic (exact) mass is 296 g/mol. The number of carbonyl (C=O) groups excluding carboxylic acids is 1. The summed E-state index contributed by atoms with van der Waals surface area (Å²) in [6.45, 7) is 11.9. The van der Waals surface area contributed by atoms with Crippen LogP contribution in [0.5, 0.6) is 0 Å². The molecule has 0 aromatic rings. The van der Waals surface area contributed by atoms with Gasteiger partial charge in [-0.05, 0) is 71.4 Å². The summed E-state index contributed by atoms with van der Waals surface area (Å²) in [6.07, 6.45) is 4.77.